The second-order valence-corrected chi connectivity index (χ2v) is 9.96. The average Bonchev–Trinajstić information content (AvgIpc) is 2.86. The van der Waals surface area contributed by atoms with Crippen LogP contribution in [0.2, 0.25) is 5.02 Å². The SMILES string of the molecule is O=C(Nc1cccc(SC(C(=O)Nc2ccc(F)c(Cl)c2)c2ccccc2)c1)C1CCCCC1. The minimum absolute atomic E-state index is 0.0527. The van der Waals surface area contributed by atoms with Crippen molar-refractivity contribution >= 4 is 46.6 Å². The highest BCUT2D eigenvalue weighted by Gasteiger charge is 2.24. The Labute approximate surface area is 208 Å². The van der Waals surface area contributed by atoms with Crippen molar-refractivity contribution in [2.45, 2.75) is 42.2 Å². The maximum Gasteiger partial charge on any atom is 0.242 e. The molecule has 34 heavy (non-hydrogen) atoms. The van der Waals surface area contributed by atoms with Crippen molar-refractivity contribution in [3.8, 4) is 0 Å². The number of carbonyl (C=O) groups excluding carboxylic acids is 2. The molecule has 0 heterocycles. The molecule has 2 N–H and O–H groups in total. The van der Waals surface area contributed by atoms with E-state index in [9.17, 15) is 14.0 Å². The summed E-state index contributed by atoms with van der Waals surface area (Å²) in [6.07, 6.45) is 5.26. The lowest BCUT2D eigenvalue weighted by Crippen LogP contribution is -2.24. The van der Waals surface area contributed by atoms with E-state index in [2.05, 4.69) is 10.6 Å². The number of halogens is 2. The first-order valence-corrected chi connectivity index (χ1v) is 12.6. The molecule has 7 heteroatoms. The fraction of sp³-hybridized carbons (Fsp3) is 0.259. The molecule has 0 aliphatic heterocycles. The van der Waals surface area contributed by atoms with Crippen LogP contribution < -0.4 is 10.6 Å². The lowest BCUT2D eigenvalue weighted by Gasteiger charge is -2.21. The molecule has 1 unspecified atom stereocenters. The molecule has 3 aromatic rings. The molecule has 0 spiro atoms. The molecule has 4 rings (SSSR count). The number of hydrogen-bond donors (Lipinski definition) is 2. The van der Waals surface area contributed by atoms with Gasteiger partial charge in [-0.25, -0.2) is 4.39 Å². The van der Waals surface area contributed by atoms with Gasteiger partial charge in [0.25, 0.3) is 0 Å². The Bertz CT molecular complexity index is 1150. The van der Waals surface area contributed by atoms with Gasteiger partial charge in [0.2, 0.25) is 11.8 Å². The lowest BCUT2D eigenvalue weighted by atomic mass is 9.88. The number of hydrogen-bond acceptors (Lipinski definition) is 3. The van der Waals surface area contributed by atoms with Gasteiger partial charge in [-0.3, -0.25) is 9.59 Å². The zero-order chi connectivity index (χ0) is 23.9. The summed E-state index contributed by atoms with van der Waals surface area (Å²) in [6.45, 7) is 0. The molecular formula is C27H26ClFN2O2S. The van der Waals surface area contributed by atoms with Crippen LogP contribution in [0.15, 0.2) is 77.7 Å². The van der Waals surface area contributed by atoms with E-state index in [0.29, 0.717) is 5.69 Å². The van der Waals surface area contributed by atoms with Crippen molar-refractivity contribution in [1.82, 2.24) is 0 Å². The second-order valence-electron chi connectivity index (χ2n) is 8.38. The fourth-order valence-electron chi connectivity index (χ4n) is 4.07. The zero-order valence-corrected chi connectivity index (χ0v) is 20.2. The summed E-state index contributed by atoms with van der Waals surface area (Å²) in [4.78, 5) is 26.8. The Hall–Kier alpha value is -2.83. The lowest BCUT2D eigenvalue weighted by molar-refractivity contribution is -0.120. The molecule has 1 fully saturated rings. The van der Waals surface area contributed by atoms with Crippen molar-refractivity contribution in [3.05, 3.63) is 89.2 Å². The molecule has 1 atom stereocenters. The van der Waals surface area contributed by atoms with Gasteiger partial charge >= 0.3 is 0 Å². The van der Waals surface area contributed by atoms with Crippen LogP contribution >= 0.6 is 23.4 Å². The number of anilines is 2. The van der Waals surface area contributed by atoms with Crippen LogP contribution in [0.25, 0.3) is 0 Å². The standard InChI is InChI=1S/C27H26ClFN2O2S/c28-23-17-21(14-15-24(23)29)31-27(33)25(18-8-3-1-4-9-18)34-22-13-7-12-20(16-22)30-26(32)19-10-5-2-6-11-19/h1,3-4,7-9,12-17,19,25H,2,5-6,10-11H2,(H,30,32)(H,31,33). The van der Waals surface area contributed by atoms with Gasteiger partial charge in [0.15, 0.2) is 0 Å². The van der Waals surface area contributed by atoms with Crippen molar-refractivity contribution in [2.24, 2.45) is 5.92 Å². The molecule has 0 saturated heterocycles. The molecule has 0 aromatic heterocycles. The van der Waals surface area contributed by atoms with E-state index >= 15 is 0 Å². The summed E-state index contributed by atoms with van der Waals surface area (Å²) in [5.41, 5.74) is 1.97. The van der Waals surface area contributed by atoms with Gasteiger partial charge in [-0.2, -0.15) is 0 Å². The maximum absolute atomic E-state index is 13.5. The maximum atomic E-state index is 13.5. The van der Waals surface area contributed by atoms with E-state index in [1.807, 2.05) is 54.6 Å². The van der Waals surface area contributed by atoms with Gasteiger partial charge in [-0.05, 0) is 54.8 Å². The van der Waals surface area contributed by atoms with E-state index in [0.717, 1.165) is 41.8 Å². The van der Waals surface area contributed by atoms with Crippen molar-refractivity contribution in [3.63, 3.8) is 0 Å². The Morgan fingerprint density at radius 3 is 2.35 bits per heavy atom. The number of amides is 2. The Balaban J connectivity index is 1.51. The Morgan fingerprint density at radius 2 is 1.62 bits per heavy atom. The van der Waals surface area contributed by atoms with Crippen LogP contribution in [0.3, 0.4) is 0 Å². The quantitative estimate of drug-likeness (QED) is 0.333. The molecule has 176 valence electrons. The number of nitrogens with one attached hydrogen (secondary N) is 2. The Morgan fingerprint density at radius 1 is 0.882 bits per heavy atom. The number of thioether (sulfide) groups is 1. The molecule has 3 aromatic carbocycles. The number of rotatable bonds is 7. The molecule has 4 nitrogen and oxygen atoms in total. The molecule has 0 bridgehead atoms. The largest absolute Gasteiger partial charge is 0.326 e. The first-order chi connectivity index (χ1) is 16.5. The first-order valence-electron chi connectivity index (χ1n) is 11.4. The zero-order valence-electron chi connectivity index (χ0n) is 18.6. The summed E-state index contributed by atoms with van der Waals surface area (Å²) >= 11 is 7.26. The van der Waals surface area contributed by atoms with E-state index in [4.69, 9.17) is 11.6 Å². The third kappa shape index (κ3) is 6.39. The topological polar surface area (TPSA) is 58.2 Å². The Kier molecular flexibility index (Phi) is 8.25. The monoisotopic (exact) mass is 496 g/mol. The van der Waals surface area contributed by atoms with Crippen LogP contribution in [0.4, 0.5) is 15.8 Å². The molecule has 2 amide bonds. The smallest absolute Gasteiger partial charge is 0.242 e. The molecule has 0 radical (unpaired) electrons. The highest BCUT2D eigenvalue weighted by Crippen LogP contribution is 2.37. The van der Waals surface area contributed by atoms with Gasteiger partial charge < -0.3 is 10.6 Å². The molecule has 1 saturated carbocycles. The fourth-order valence-corrected chi connectivity index (χ4v) is 5.34. The van der Waals surface area contributed by atoms with E-state index in [-0.39, 0.29) is 22.8 Å². The van der Waals surface area contributed by atoms with Crippen LogP contribution in [-0.4, -0.2) is 11.8 Å². The number of carbonyl (C=O) groups is 2. The first kappa shape index (κ1) is 24.3. The van der Waals surface area contributed by atoms with Crippen LogP contribution in [0, 0.1) is 11.7 Å². The van der Waals surface area contributed by atoms with Gasteiger partial charge in [0, 0.05) is 22.2 Å². The summed E-state index contributed by atoms with van der Waals surface area (Å²) in [5.74, 6) is -0.668. The molecule has 1 aliphatic rings. The third-order valence-corrected chi connectivity index (χ3v) is 7.40. The van der Waals surface area contributed by atoms with Gasteiger partial charge in [0.05, 0.1) is 5.02 Å². The summed E-state index contributed by atoms with van der Waals surface area (Å²) in [6, 6.07) is 21.1. The highest BCUT2D eigenvalue weighted by atomic mass is 35.5. The van der Waals surface area contributed by atoms with Gasteiger partial charge in [-0.15, -0.1) is 11.8 Å². The second kappa shape index (κ2) is 11.5. The van der Waals surface area contributed by atoms with Crippen LogP contribution in [0.5, 0.6) is 0 Å². The summed E-state index contributed by atoms with van der Waals surface area (Å²) in [5, 5.41) is 5.27. The van der Waals surface area contributed by atoms with E-state index < -0.39 is 11.1 Å². The predicted octanol–water partition coefficient (Wildman–Crippen LogP) is 7.47. The van der Waals surface area contributed by atoms with Crippen LogP contribution in [-0.2, 0) is 9.59 Å². The average molecular weight is 497 g/mol. The van der Waals surface area contributed by atoms with E-state index in [1.54, 1.807) is 0 Å². The minimum atomic E-state index is -0.561. The molecular weight excluding hydrogens is 471 g/mol. The third-order valence-electron chi connectivity index (χ3n) is 5.86. The normalized spacial score (nSPS) is 14.9. The van der Waals surface area contributed by atoms with Crippen molar-refractivity contribution in [2.75, 3.05) is 10.6 Å². The van der Waals surface area contributed by atoms with Gasteiger partial charge in [0.1, 0.15) is 11.1 Å². The number of benzene rings is 3. The minimum Gasteiger partial charge on any atom is -0.326 e. The predicted molar refractivity (Wildman–Crippen MR) is 137 cm³/mol. The van der Waals surface area contributed by atoms with Gasteiger partial charge in [-0.1, -0.05) is 67.3 Å². The highest BCUT2D eigenvalue weighted by molar-refractivity contribution is 8.00. The summed E-state index contributed by atoms with van der Waals surface area (Å²) < 4.78 is 13.5. The van der Waals surface area contributed by atoms with E-state index in [1.165, 1.54) is 36.4 Å². The van der Waals surface area contributed by atoms with Crippen LogP contribution in [0.1, 0.15) is 42.9 Å². The molecule has 1 aliphatic carbocycles. The summed E-state index contributed by atoms with van der Waals surface area (Å²) in [7, 11) is 0. The van der Waals surface area contributed by atoms with Crippen molar-refractivity contribution < 1.29 is 14.0 Å². The van der Waals surface area contributed by atoms with Crippen molar-refractivity contribution in [1.29, 1.82) is 0 Å².